The SMILES string of the molecule is CC(C)C(=O)Nc1cc(C(=O)O)cc(-c2ccc(Cl)cn2)c1. The lowest BCUT2D eigenvalue weighted by Crippen LogP contribution is -2.18. The van der Waals surface area contributed by atoms with Crippen LogP contribution in [0.4, 0.5) is 5.69 Å². The molecule has 2 N–H and O–H groups in total. The zero-order valence-corrected chi connectivity index (χ0v) is 12.9. The predicted molar refractivity (Wildman–Crippen MR) is 85.1 cm³/mol. The van der Waals surface area contributed by atoms with Crippen molar-refractivity contribution in [2.24, 2.45) is 5.92 Å². The Morgan fingerprint density at radius 3 is 2.50 bits per heavy atom. The van der Waals surface area contributed by atoms with Crippen LogP contribution in [0.25, 0.3) is 11.3 Å². The minimum atomic E-state index is -1.07. The summed E-state index contributed by atoms with van der Waals surface area (Å²) in [6.45, 7) is 3.52. The zero-order chi connectivity index (χ0) is 16.3. The Morgan fingerprint density at radius 1 is 1.23 bits per heavy atom. The van der Waals surface area contributed by atoms with E-state index in [0.29, 0.717) is 22.0 Å². The van der Waals surface area contributed by atoms with Crippen LogP contribution >= 0.6 is 11.6 Å². The van der Waals surface area contributed by atoms with Gasteiger partial charge < -0.3 is 10.4 Å². The van der Waals surface area contributed by atoms with Crippen molar-refractivity contribution in [2.45, 2.75) is 13.8 Å². The summed E-state index contributed by atoms with van der Waals surface area (Å²) in [5, 5.41) is 12.4. The number of carboxylic acid groups (broad SMARTS) is 1. The lowest BCUT2D eigenvalue weighted by atomic mass is 10.1. The molecule has 0 bridgehead atoms. The Bertz CT molecular complexity index is 712. The molecule has 6 heteroatoms. The van der Waals surface area contributed by atoms with Crippen LogP contribution in [-0.2, 0) is 4.79 Å². The van der Waals surface area contributed by atoms with E-state index >= 15 is 0 Å². The van der Waals surface area contributed by atoms with Crippen molar-refractivity contribution in [3.63, 3.8) is 0 Å². The Balaban J connectivity index is 2.45. The molecule has 22 heavy (non-hydrogen) atoms. The first-order chi connectivity index (χ1) is 10.4. The summed E-state index contributed by atoms with van der Waals surface area (Å²) in [6, 6.07) is 7.97. The molecule has 1 aromatic heterocycles. The second kappa shape index (κ2) is 6.58. The first-order valence-corrected chi connectivity index (χ1v) is 7.06. The molecule has 1 amide bonds. The lowest BCUT2D eigenvalue weighted by Gasteiger charge is -2.11. The number of carbonyl (C=O) groups excluding carboxylic acids is 1. The fourth-order valence-corrected chi connectivity index (χ4v) is 1.92. The van der Waals surface area contributed by atoms with E-state index in [9.17, 15) is 14.7 Å². The number of halogens is 1. The van der Waals surface area contributed by atoms with Crippen molar-refractivity contribution >= 4 is 29.2 Å². The molecule has 0 saturated heterocycles. The molecule has 0 aliphatic heterocycles. The first-order valence-electron chi connectivity index (χ1n) is 6.68. The fourth-order valence-electron chi connectivity index (χ4n) is 1.80. The average Bonchev–Trinajstić information content (AvgIpc) is 2.47. The molecule has 1 aromatic carbocycles. The van der Waals surface area contributed by atoms with Gasteiger partial charge in [-0.1, -0.05) is 25.4 Å². The molecule has 2 rings (SSSR count). The number of rotatable bonds is 4. The maximum Gasteiger partial charge on any atom is 0.335 e. The van der Waals surface area contributed by atoms with Crippen molar-refractivity contribution in [2.75, 3.05) is 5.32 Å². The quantitative estimate of drug-likeness (QED) is 0.901. The molecule has 114 valence electrons. The van der Waals surface area contributed by atoms with E-state index in [2.05, 4.69) is 10.3 Å². The smallest absolute Gasteiger partial charge is 0.335 e. The summed E-state index contributed by atoms with van der Waals surface area (Å²) in [4.78, 5) is 27.2. The van der Waals surface area contributed by atoms with Crippen molar-refractivity contribution in [1.82, 2.24) is 4.98 Å². The lowest BCUT2D eigenvalue weighted by molar-refractivity contribution is -0.118. The number of hydrogen-bond donors (Lipinski definition) is 2. The number of hydrogen-bond acceptors (Lipinski definition) is 3. The third kappa shape index (κ3) is 3.83. The van der Waals surface area contributed by atoms with Crippen molar-refractivity contribution in [3.05, 3.63) is 47.1 Å². The van der Waals surface area contributed by atoms with Gasteiger partial charge in [0.25, 0.3) is 0 Å². The van der Waals surface area contributed by atoms with Gasteiger partial charge in [0, 0.05) is 23.4 Å². The maximum atomic E-state index is 11.8. The Hall–Kier alpha value is -2.40. The Morgan fingerprint density at radius 2 is 1.95 bits per heavy atom. The molecule has 0 atom stereocenters. The van der Waals surface area contributed by atoms with Crippen LogP contribution in [0.2, 0.25) is 5.02 Å². The van der Waals surface area contributed by atoms with Gasteiger partial charge in [-0.05, 0) is 30.3 Å². The molecule has 5 nitrogen and oxygen atoms in total. The standard InChI is InChI=1S/C16H15ClN2O3/c1-9(2)15(20)19-13-6-10(5-11(7-13)16(21)22)14-4-3-12(17)8-18-14/h3-9H,1-2H3,(H,19,20)(H,21,22). The minimum Gasteiger partial charge on any atom is -0.478 e. The van der Waals surface area contributed by atoms with Gasteiger partial charge in [-0.25, -0.2) is 4.79 Å². The Kier molecular flexibility index (Phi) is 4.78. The number of aromatic nitrogens is 1. The number of nitrogens with one attached hydrogen (secondary N) is 1. The molecule has 1 heterocycles. The molecule has 0 radical (unpaired) electrons. The molecular formula is C16H15ClN2O3. The van der Waals surface area contributed by atoms with E-state index in [1.54, 1.807) is 32.0 Å². The van der Waals surface area contributed by atoms with Gasteiger partial charge in [0.15, 0.2) is 0 Å². The van der Waals surface area contributed by atoms with Gasteiger partial charge in [0.05, 0.1) is 16.3 Å². The van der Waals surface area contributed by atoms with Crippen molar-refractivity contribution in [1.29, 1.82) is 0 Å². The molecule has 0 aliphatic rings. The number of amides is 1. The largest absolute Gasteiger partial charge is 0.478 e. The van der Waals surface area contributed by atoms with E-state index in [1.807, 2.05) is 0 Å². The third-order valence-corrected chi connectivity index (χ3v) is 3.22. The zero-order valence-electron chi connectivity index (χ0n) is 12.1. The normalized spacial score (nSPS) is 10.5. The summed E-state index contributed by atoms with van der Waals surface area (Å²) in [7, 11) is 0. The highest BCUT2D eigenvalue weighted by atomic mass is 35.5. The number of benzene rings is 1. The monoisotopic (exact) mass is 318 g/mol. The highest BCUT2D eigenvalue weighted by Gasteiger charge is 2.12. The predicted octanol–water partition coefficient (Wildman–Crippen LogP) is 3.69. The molecule has 0 spiro atoms. The van der Waals surface area contributed by atoms with Gasteiger partial charge >= 0.3 is 5.97 Å². The average molecular weight is 319 g/mol. The molecular weight excluding hydrogens is 304 g/mol. The number of aromatic carboxylic acids is 1. The van der Waals surface area contributed by atoms with E-state index in [1.165, 1.54) is 18.3 Å². The van der Waals surface area contributed by atoms with Crippen LogP contribution in [-0.4, -0.2) is 22.0 Å². The maximum absolute atomic E-state index is 11.8. The van der Waals surface area contributed by atoms with Crippen LogP contribution in [0.15, 0.2) is 36.5 Å². The Labute approximate surface area is 133 Å². The highest BCUT2D eigenvalue weighted by Crippen LogP contribution is 2.25. The number of carboxylic acids is 1. The van der Waals surface area contributed by atoms with E-state index < -0.39 is 5.97 Å². The number of carbonyl (C=O) groups is 2. The van der Waals surface area contributed by atoms with Gasteiger partial charge in [0.2, 0.25) is 5.91 Å². The second-order valence-electron chi connectivity index (χ2n) is 5.11. The molecule has 0 saturated carbocycles. The van der Waals surface area contributed by atoms with Gasteiger partial charge in [-0.2, -0.15) is 0 Å². The molecule has 0 unspecified atom stereocenters. The summed E-state index contributed by atoms with van der Waals surface area (Å²) >= 11 is 5.80. The van der Waals surface area contributed by atoms with Crippen LogP contribution in [0.5, 0.6) is 0 Å². The first kappa shape index (κ1) is 16.0. The summed E-state index contributed by atoms with van der Waals surface area (Å²) < 4.78 is 0. The molecule has 0 aliphatic carbocycles. The topological polar surface area (TPSA) is 79.3 Å². The van der Waals surface area contributed by atoms with Gasteiger partial charge in [0.1, 0.15) is 0 Å². The molecule has 2 aromatic rings. The number of pyridine rings is 1. The van der Waals surface area contributed by atoms with Crippen molar-refractivity contribution < 1.29 is 14.7 Å². The van der Waals surface area contributed by atoms with E-state index in [-0.39, 0.29) is 17.4 Å². The molecule has 0 fully saturated rings. The van der Waals surface area contributed by atoms with Crippen LogP contribution in [0.1, 0.15) is 24.2 Å². The van der Waals surface area contributed by atoms with Crippen LogP contribution < -0.4 is 5.32 Å². The van der Waals surface area contributed by atoms with Crippen LogP contribution in [0, 0.1) is 5.92 Å². The number of anilines is 1. The minimum absolute atomic E-state index is 0.0771. The third-order valence-electron chi connectivity index (χ3n) is 3.00. The van der Waals surface area contributed by atoms with Crippen molar-refractivity contribution in [3.8, 4) is 11.3 Å². The second-order valence-corrected chi connectivity index (χ2v) is 5.55. The van der Waals surface area contributed by atoms with Gasteiger partial charge in [-0.3, -0.25) is 9.78 Å². The highest BCUT2D eigenvalue weighted by molar-refractivity contribution is 6.30. The van der Waals surface area contributed by atoms with Crippen LogP contribution in [0.3, 0.4) is 0 Å². The van der Waals surface area contributed by atoms with E-state index in [0.717, 1.165) is 0 Å². The fraction of sp³-hybridized carbons (Fsp3) is 0.188. The summed E-state index contributed by atoms with van der Waals surface area (Å²) in [5.74, 6) is -1.46. The summed E-state index contributed by atoms with van der Waals surface area (Å²) in [6.07, 6.45) is 1.48. The number of nitrogens with zero attached hydrogens (tertiary/aromatic N) is 1. The summed E-state index contributed by atoms with van der Waals surface area (Å²) in [5.41, 5.74) is 1.67. The van der Waals surface area contributed by atoms with E-state index in [4.69, 9.17) is 11.6 Å². The van der Waals surface area contributed by atoms with Gasteiger partial charge in [-0.15, -0.1) is 0 Å².